The Kier molecular flexibility index (Phi) is 4.34. The van der Waals surface area contributed by atoms with Crippen LogP contribution in [0.2, 0.25) is 5.02 Å². The summed E-state index contributed by atoms with van der Waals surface area (Å²) in [6.45, 7) is 1.77. The Bertz CT molecular complexity index is 510. The quantitative estimate of drug-likeness (QED) is 0.697. The maximum Gasteiger partial charge on any atom is 0.279 e. The predicted octanol–water partition coefficient (Wildman–Crippen LogP) is -0.568. The first-order chi connectivity index (χ1) is 9.04. The number of benzene rings is 1. The van der Waals surface area contributed by atoms with Crippen LogP contribution in [0.1, 0.15) is 0 Å². The van der Waals surface area contributed by atoms with E-state index in [4.69, 9.17) is 11.6 Å². The molecule has 1 aromatic rings. The van der Waals surface area contributed by atoms with Crippen molar-refractivity contribution in [3.8, 4) is 0 Å². The summed E-state index contributed by atoms with van der Waals surface area (Å²) in [5.74, 6) is -0.816. The van der Waals surface area contributed by atoms with E-state index in [1.54, 1.807) is 0 Å². The van der Waals surface area contributed by atoms with Gasteiger partial charge in [-0.2, -0.15) is 0 Å². The van der Waals surface area contributed by atoms with E-state index in [2.05, 4.69) is 10.6 Å². The van der Waals surface area contributed by atoms with Gasteiger partial charge in [-0.15, -0.1) is 0 Å². The topological polar surface area (TPSA) is 62.6 Å². The van der Waals surface area contributed by atoms with Crippen LogP contribution in [0.15, 0.2) is 18.2 Å². The van der Waals surface area contributed by atoms with Gasteiger partial charge in [-0.3, -0.25) is 9.59 Å². The number of amides is 2. The van der Waals surface area contributed by atoms with Gasteiger partial charge < -0.3 is 15.5 Å². The second kappa shape index (κ2) is 5.99. The van der Waals surface area contributed by atoms with Crippen molar-refractivity contribution < 1.29 is 18.9 Å². The number of piperazine rings is 1. The highest BCUT2D eigenvalue weighted by Gasteiger charge is 2.22. The van der Waals surface area contributed by atoms with E-state index in [1.807, 2.05) is 0 Å². The first-order valence-electron chi connectivity index (χ1n) is 5.90. The fourth-order valence-corrected chi connectivity index (χ4v) is 2.09. The van der Waals surface area contributed by atoms with Crippen LogP contribution >= 0.6 is 11.6 Å². The predicted molar refractivity (Wildman–Crippen MR) is 68.6 cm³/mol. The number of rotatable bonds is 3. The Balaban J connectivity index is 1.90. The van der Waals surface area contributed by atoms with Gasteiger partial charge in [0.2, 0.25) is 0 Å². The molecular formula is C12H14ClFN3O2+. The standard InChI is InChI=1S/C12H13ClFN3O2/c13-9-5-8(1-2-10(9)14)16-12(19)7-17-4-3-15-11(18)6-17/h1-2,5H,3-4,6-7H2,(H,15,18)(H,16,19)/p+1. The van der Waals surface area contributed by atoms with Gasteiger partial charge in [0.15, 0.2) is 13.1 Å². The van der Waals surface area contributed by atoms with Crippen molar-refractivity contribution in [3.63, 3.8) is 0 Å². The summed E-state index contributed by atoms with van der Waals surface area (Å²) in [5, 5.41) is 5.29. The maximum atomic E-state index is 13.0. The Hall–Kier alpha value is -1.66. The normalized spacial score (nSPS) is 18.8. The molecule has 19 heavy (non-hydrogen) atoms. The molecule has 2 amide bonds. The number of hydrogen-bond acceptors (Lipinski definition) is 2. The fraction of sp³-hybridized carbons (Fsp3) is 0.333. The first-order valence-corrected chi connectivity index (χ1v) is 6.27. The van der Waals surface area contributed by atoms with Gasteiger partial charge in [0.1, 0.15) is 5.82 Å². The van der Waals surface area contributed by atoms with Crippen LogP contribution < -0.4 is 15.5 Å². The molecule has 0 bridgehead atoms. The zero-order chi connectivity index (χ0) is 13.8. The second-order valence-electron chi connectivity index (χ2n) is 4.38. The van der Waals surface area contributed by atoms with Crippen LogP contribution in [0, 0.1) is 5.82 Å². The monoisotopic (exact) mass is 286 g/mol. The Morgan fingerprint density at radius 3 is 3.00 bits per heavy atom. The van der Waals surface area contributed by atoms with Crippen LogP contribution in [0.3, 0.4) is 0 Å². The molecule has 7 heteroatoms. The molecule has 102 valence electrons. The molecule has 0 aromatic heterocycles. The zero-order valence-corrected chi connectivity index (χ0v) is 10.9. The van der Waals surface area contributed by atoms with E-state index < -0.39 is 5.82 Å². The average molecular weight is 287 g/mol. The van der Waals surface area contributed by atoms with Crippen LogP contribution in [-0.2, 0) is 9.59 Å². The number of anilines is 1. The summed E-state index contributed by atoms with van der Waals surface area (Å²) in [6.07, 6.45) is 0. The molecule has 1 fully saturated rings. The third kappa shape index (κ3) is 3.90. The minimum absolute atomic E-state index is 0.0394. The smallest absolute Gasteiger partial charge is 0.279 e. The van der Waals surface area contributed by atoms with Crippen LogP contribution in [-0.4, -0.2) is 38.0 Å². The lowest BCUT2D eigenvalue weighted by atomic mass is 10.3. The fourth-order valence-electron chi connectivity index (χ4n) is 1.91. The van der Waals surface area contributed by atoms with Crippen molar-refractivity contribution in [2.45, 2.75) is 0 Å². The molecule has 1 aromatic carbocycles. The van der Waals surface area contributed by atoms with E-state index >= 15 is 0 Å². The molecule has 0 saturated carbocycles. The van der Waals surface area contributed by atoms with Gasteiger partial charge in [-0.1, -0.05) is 11.6 Å². The van der Waals surface area contributed by atoms with Crippen molar-refractivity contribution in [1.29, 1.82) is 0 Å². The van der Waals surface area contributed by atoms with Crippen LogP contribution in [0.25, 0.3) is 0 Å². The summed E-state index contributed by atoms with van der Waals surface area (Å²) >= 11 is 5.62. The van der Waals surface area contributed by atoms with E-state index in [0.29, 0.717) is 18.8 Å². The van der Waals surface area contributed by atoms with E-state index in [1.165, 1.54) is 18.2 Å². The molecule has 2 rings (SSSR count). The zero-order valence-electron chi connectivity index (χ0n) is 10.1. The highest BCUT2D eigenvalue weighted by molar-refractivity contribution is 6.31. The number of quaternary nitrogens is 1. The van der Waals surface area contributed by atoms with Crippen molar-refractivity contribution in [2.24, 2.45) is 0 Å². The first kappa shape index (κ1) is 13.8. The molecule has 1 aliphatic heterocycles. The largest absolute Gasteiger partial charge is 0.346 e. The van der Waals surface area contributed by atoms with Gasteiger partial charge in [-0.25, -0.2) is 4.39 Å². The summed E-state index contributed by atoms with van der Waals surface area (Å²) in [7, 11) is 0. The van der Waals surface area contributed by atoms with Crippen LogP contribution in [0.4, 0.5) is 10.1 Å². The summed E-state index contributed by atoms with van der Waals surface area (Å²) in [6, 6.07) is 3.99. The van der Waals surface area contributed by atoms with Crippen molar-refractivity contribution in [3.05, 3.63) is 29.0 Å². The van der Waals surface area contributed by atoms with Gasteiger partial charge in [0.25, 0.3) is 11.8 Å². The summed E-state index contributed by atoms with van der Waals surface area (Å²) in [4.78, 5) is 23.9. The molecule has 1 aliphatic rings. The Labute approximate surface area is 114 Å². The lowest BCUT2D eigenvalue weighted by molar-refractivity contribution is -0.885. The minimum Gasteiger partial charge on any atom is -0.346 e. The molecule has 0 aliphatic carbocycles. The van der Waals surface area contributed by atoms with Crippen molar-refractivity contribution >= 4 is 29.1 Å². The molecule has 1 saturated heterocycles. The molecule has 5 nitrogen and oxygen atoms in total. The minimum atomic E-state index is -0.530. The number of hydrogen-bond donors (Lipinski definition) is 3. The lowest BCUT2D eigenvalue weighted by Gasteiger charge is -2.22. The van der Waals surface area contributed by atoms with Gasteiger partial charge in [0.05, 0.1) is 18.1 Å². The average Bonchev–Trinajstić information content (AvgIpc) is 2.34. The van der Waals surface area contributed by atoms with Gasteiger partial charge in [0, 0.05) is 5.69 Å². The third-order valence-corrected chi connectivity index (χ3v) is 3.11. The van der Waals surface area contributed by atoms with Gasteiger partial charge in [-0.05, 0) is 18.2 Å². The van der Waals surface area contributed by atoms with Crippen molar-refractivity contribution in [1.82, 2.24) is 5.32 Å². The molecule has 3 N–H and O–H groups in total. The lowest BCUT2D eigenvalue weighted by Crippen LogP contribution is -3.16. The molecule has 1 heterocycles. The number of carbonyl (C=O) groups excluding carboxylic acids is 2. The van der Waals surface area contributed by atoms with E-state index in [-0.39, 0.29) is 29.9 Å². The van der Waals surface area contributed by atoms with Crippen molar-refractivity contribution in [2.75, 3.05) is 31.5 Å². The maximum absolute atomic E-state index is 13.0. The molecule has 1 atom stereocenters. The molecule has 1 unspecified atom stereocenters. The summed E-state index contributed by atoms with van der Waals surface area (Å²) < 4.78 is 13.0. The third-order valence-electron chi connectivity index (χ3n) is 2.83. The highest BCUT2D eigenvalue weighted by Crippen LogP contribution is 2.18. The Morgan fingerprint density at radius 2 is 2.32 bits per heavy atom. The molecule has 0 radical (unpaired) electrons. The van der Waals surface area contributed by atoms with E-state index in [9.17, 15) is 14.0 Å². The number of nitrogens with one attached hydrogen (secondary N) is 3. The van der Waals surface area contributed by atoms with Gasteiger partial charge >= 0.3 is 0 Å². The SMILES string of the molecule is O=C1C[NH+](CC(=O)Nc2ccc(F)c(Cl)c2)CCN1. The number of carbonyl (C=O) groups is 2. The highest BCUT2D eigenvalue weighted by atomic mass is 35.5. The second-order valence-corrected chi connectivity index (χ2v) is 4.79. The summed E-state index contributed by atoms with van der Waals surface area (Å²) in [5.41, 5.74) is 0.442. The van der Waals surface area contributed by atoms with Crippen LogP contribution in [0.5, 0.6) is 0 Å². The molecular weight excluding hydrogens is 273 g/mol. The molecule has 0 spiro atoms. The van der Waals surface area contributed by atoms with E-state index in [0.717, 1.165) is 4.90 Å². The number of halogens is 2. The Morgan fingerprint density at radius 1 is 1.53 bits per heavy atom.